The van der Waals surface area contributed by atoms with Gasteiger partial charge in [-0.25, -0.2) is 8.42 Å². The fourth-order valence-corrected chi connectivity index (χ4v) is 4.54. The standard InChI is InChI=1S/C19H23N3O5S2/c1-13(2)21(4)29(26,27)18-11-5-15(6-12-18)20-19(23)14(3)28-17-9-7-16(8-10-17)22(24)25/h5-14H,1-4H3,(H,20,23). The van der Waals surface area contributed by atoms with Crippen molar-refractivity contribution in [3.05, 3.63) is 58.6 Å². The van der Waals surface area contributed by atoms with Crippen molar-refractivity contribution >= 4 is 39.1 Å². The summed E-state index contributed by atoms with van der Waals surface area (Å²) in [5.74, 6) is -0.261. The molecule has 0 fully saturated rings. The third kappa shape index (κ3) is 5.78. The van der Waals surface area contributed by atoms with E-state index in [-0.39, 0.29) is 22.5 Å². The van der Waals surface area contributed by atoms with Crippen LogP contribution in [0.15, 0.2) is 58.3 Å². The van der Waals surface area contributed by atoms with E-state index in [0.29, 0.717) is 5.69 Å². The molecule has 1 atom stereocenters. The van der Waals surface area contributed by atoms with Gasteiger partial charge in [0.15, 0.2) is 0 Å². The Labute approximate surface area is 174 Å². The number of hydrogen-bond donors (Lipinski definition) is 1. The molecule has 0 saturated heterocycles. The molecule has 1 unspecified atom stereocenters. The average Bonchev–Trinajstić information content (AvgIpc) is 2.68. The van der Waals surface area contributed by atoms with Gasteiger partial charge < -0.3 is 5.32 Å². The minimum atomic E-state index is -3.58. The highest BCUT2D eigenvalue weighted by Gasteiger charge is 2.23. The second-order valence-corrected chi connectivity index (χ2v) is 10.1. The van der Waals surface area contributed by atoms with Gasteiger partial charge >= 0.3 is 0 Å². The van der Waals surface area contributed by atoms with E-state index >= 15 is 0 Å². The third-order valence-electron chi connectivity index (χ3n) is 4.26. The predicted octanol–water partition coefficient (Wildman–Crippen LogP) is 3.74. The lowest BCUT2D eigenvalue weighted by molar-refractivity contribution is -0.384. The van der Waals surface area contributed by atoms with Crippen molar-refractivity contribution in [2.45, 2.75) is 41.9 Å². The van der Waals surface area contributed by atoms with Gasteiger partial charge in [-0.05, 0) is 57.2 Å². The molecule has 0 aliphatic heterocycles. The van der Waals surface area contributed by atoms with Gasteiger partial charge in [-0.15, -0.1) is 11.8 Å². The molecule has 10 heteroatoms. The van der Waals surface area contributed by atoms with Crippen LogP contribution in [0, 0.1) is 10.1 Å². The van der Waals surface area contributed by atoms with Crippen molar-refractivity contribution in [2.75, 3.05) is 12.4 Å². The molecule has 0 aromatic heterocycles. The minimum absolute atomic E-state index is 0.00962. The highest BCUT2D eigenvalue weighted by molar-refractivity contribution is 8.00. The average molecular weight is 438 g/mol. The molecular weight excluding hydrogens is 414 g/mol. The number of carbonyl (C=O) groups is 1. The summed E-state index contributed by atoms with van der Waals surface area (Å²) in [7, 11) is -2.06. The van der Waals surface area contributed by atoms with Gasteiger partial charge in [-0.2, -0.15) is 4.31 Å². The second-order valence-electron chi connectivity index (χ2n) is 6.64. The Bertz CT molecular complexity index is 974. The molecule has 0 radical (unpaired) electrons. The van der Waals surface area contributed by atoms with E-state index in [1.807, 2.05) is 0 Å². The van der Waals surface area contributed by atoms with E-state index in [4.69, 9.17) is 0 Å². The molecule has 0 bridgehead atoms. The van der Waals surface area contributed by atoms with Crippen LogP contribution in [0.5, 0.6) is 0 Å². The van der Waals surface area contributed by atoms with E-state index in [1.54, 1.807) is 45.0 Å². The number of amides is 1. The highest BCUT2D eigenvalue weighted by Crippen LogP contribution is 2.26. The number of nitrogens with zero attached hydrogens (tertiary/aromatic N) is 2. The van der Waals surface area contributed by atoms with Crippen molar-refractivity contribution in [3.8, 4) is 0 Å². The Morgan fingerprint density at radius 3 is 2.10 bits per heavy atom. The largest absolute Gasteiger partial charge is 0.325 e. The van der Waals surface area contributed by atoms with Crippen molar-refractivity contribution < 1.29 is 18.1 Å². The Kier molecular flexibility index (Phi) is 7.39. The summed E-state index contributed by atoms with van der Waals surface area (Å²) in [6.45, 7) is 5.30. The van der Waals surface area contributed by atoms with Crippen molar-refractivity contribution in [3.63, 3.8) is 0 Å². The molecule has 29 heavy (non-hydrogen) atoms. The maximum atomic E-state index is 12.5. The first-order chi connectivity index (χ1) is 13.5. The minimum Gasteiger partial charge on any atom is -0.325 e. The SMILES string of the molecule is CC(Sc1ccc([N+](=O)[O-])cc1)C(=O)Nc1ccc(S(=O)(=O)N(C)C(C)C)cc1. The molecule has 1 N–H and O–H groups in total. The summed E-state index contributed by atoms with van der Waals surface area (Å²) in [5, 5.41) is 13.0. The van der Waals surface area contributed by atoms with E-state index in [1.165, 1.54) is 47.4 Å². The number of thioether (sulfide) groups is 1. The topological polar surface area (TPSA) is 110 Å². The first-order valence-electron chi connectivity index (χ1n) is 8.82. The lowest BCUT2D eigenvalue weighted by Crippen LogP contribution is -2.33. The van der Waals surface area contributed by atoms with Crippen molar-refractivity contribution in [1.82, 2.24) is 4.31 Å². The van der Waals surface area contributed by atoms with Gasteiger partial charge in [0.1, 0.15) is 0 Å². The number of carbonyl (C=O) groups excluding carboxylic acids is 1. The zero-order valence-electron chi connectivity index (χ0n) is 16.5. The van der Waals surface area contributed by atoms with Crippen molar-refractivity contribution in [1.29, 1.82) is 0 Å². The summed E-state index contributed by atoms with van der Waals surface area (Å²) < 4.78 is 26.2. The summed E-state index contributed by atoms with van der Waals surface area (Å²) in [6.07, 6.45) is 0. The first-order valence-corrected chi connectivity index (χ1v) is 11.1. The van der Waals surface area contributed by atoms with E-state index < -0.39 is 20.2 Å². The van der Waals surface area contributed by atoms with Crippen LogP contribution in [0.4, 0.5) is 11.4 Å². The Hall–Kier alpha value is -2.43. The molecule has 0 aliphatic rings. The molecule has 2 aromatic rings. The molecule has 1 amide bonds. The van der Waals surface area contributed by atoms with Gasteiger partial charge in [0.2, 0.25) is 15.9 Å². The van der Waals surface area contributed by atoms with Crippen LogP contribution in [0.3, 0.4) is 0 Å². The monoisotopic (exact) mass is 437 g/mol. The smallest absolute Gasteiger partial charge is 0.269 e. The summed E-state index contributed by atoms with van der Waals surface area (Å²) in [4.78, 5) is 23.5. The zero-order valence-corrected chi connectivity index (χ0v) is 18.2. The molecular formula is C19H23N3O5S2. The van der Waals surface area contributed by atoms with Crippen molar-refractivity contribution in [2.24, 2.45) is 0 Å². The number of nitrogens with one attached hydrogen (secondary N) is 1. The van der Waals surface area contributed by atoms with Crippen LogP contribution >= 0.6 is 11.8 Å². The maximum Gasteiger partial charge on any atom is 0.269 e. The number of nitro groups is 1. The number of non-ortho nitro benzene ring substituents is 1. The fourth-order valence-electron chi connectivity index (χ4n) is 2.30. The Morgan fingerprint density at radius 2 is 1.62 bits per heavy atom. The van der Waals surface area contributed by atoms with Crippen LogP contribution in [-0.4, -0.2) is 41.9 Å². The molecule has 0 heterocycles. The lowest BCUT2D eigenvalue weighted by atomic mass is 10.3. The van der Waals surface area contributed by atoms with Gasteiger partial charge in [0, 0.05) is 35.8 Å². The molecule has 2 aromatic carbocycles. The number of hydrogen-bond acceptors (Lipinski definition) is 6. The normalized spacial score (nSPS) is 12.8. The van der Waals surface area contributed by atoms with Crippen LogP contribution < -0.4 is 5.32 Å². The van der Waals surface area contributed by atoms with Crippen LogP contribution in [0.25, 0.3) is 0 Å². The van der Waals surface area contributed by atoms with Crippen LogP contribution in [0.1, 0.15) is 20.8 Å². The first kappa shape index (κ1) is 22.9. The number of benzene rings is 2. The van der Waals surface area contributed by atoms with Crippen LogP contribution in [-0.2, 0) is 14.8 Å². The summed E-state index contributed by atoms with van der Waals surface area (Å²) in [6, 6.07) is 11.8. The number of nitro benzene ring substituents is 1. The maximum absolute atomic E-state index is 12.5. The molecule has 0 spiro atoms. The Balaban J connectivity index is 2.02. The molecule has 0 saturated carbocycles. The van der Waals surface area contributed by atoms with Gasteiger partial charge in [0.25, 0.3) is 5.69 Å². The third-order valence-corrected chi connectivity index (χ3v) is 7.42. The molecule has 8 nitrogen and oxygen atoms in total. The van der Waals surface area contributed by atoms with E-state index in [2.05, 4.69) is 5.32 Å². The van der Waals surface area contributed by atoms with Gasteiger partial charge in [0.05, 0.1) is 15.1 Å². The van der Waals surface area contributed by atoms with E-state index in [0.717, 1.165) is 4.90 Å². The number of sulfonamides is 1. The van der Waals surface area contributed by atoms with Crippen LogP contribution in [0.2, 0.25) is 0 Å². The predicted molar refractivity (Wildman–Crippen MR) is 114 cm³/mol. The summed E-state index contributed by atoms with van der Waals surface area (Å²) in [5.41, 5.74) is 0.474. The molecule has 156 valence electrons. The van der Waals surface area contributed by atoms with Gasteiger partial charge in [-0.1, -0.05) is 0 Å². The Morgan fingerprint density at radius 1 is 1.07 bits per heavy atom. The zero-order chi connectivity index (χ0) is 21.8. The lowest BCUT2D eigenvalue weighted by Gasteiger charge is -2.21. The van der Waals surface area contributed by atoms with E-state index in [9.17, 15) is 23.3 Å². The molecule has 0 aliphatic carbocycles. The fraction of sp³-hybridized carbons (Fsp3) is 0.316. The summed E-state index contributed by atoms with van der Waals surface area (Å²) >= 11 is 1.27. The number of rotatable bonds is 8. The van der Waals surface area contributed by atoms with Gasteiger partial charge in [-0.3, -0.25) is 14.9 Å². The highest BCUT2D eigenvalue weighted by atomic mass is 32.2. The molecule has 2 rings (SSSR count). The quantitative estimate of drug-likeness (QED) is 0.383. The number of anilines is 1. The second kappa shape index (κ2) is 9.38.